The van der Waals surface area contributed by atoms with Gasteiger partial charge in [0.1, 0.15) is 0 Å². The summed E-state index contributed by atoms with van der Waals surface area (Å²) in [6.45, 7) is 17.9. The van der Waals surface area contributed by atoms with Crippen molar-refractivity contribution in [3.05, 3.63) is 0 Å². The Morgan fingerprint density at radius 1 is 1.16 bits per heavy atom. The van der Waals surface area contributed by atoms with Gasteiger partial charge in [-0.15, -0.1) is 0 Å². The smallest absolute Gasteiger partial charge is 0.0521 e. The van der Waals surface area contributed by atoms with Crippen molar-refractivity contribution in [2.24, 2.45) is 17.8 Å². The van der Waals surface area contributed by atoms with Crippen molar-refractivity contribution in [3.8, 4) is 0 Å². The number of nitrogens with one attached hydrogen (secondary N) is 1. The Hall–Kier alpha value is -0.120. The van der Waals surface area contributed by atoms with E-state index in [0.29, 0.717) is 12.0 Å². The summed E-state index contributed by atoms with van der Waals surface area (Å²) in [5, 5.41) is 3.64. The van der Waals surface area contributed by atoms with E-state index in [1.807, 2.05) is 0 Å². The third kappa shape index (κ3) is 6.73. The van der Waals surface area contributed by atoms with Gasteiger partial charge in [-0.2, -0.15) is 0 Å². The van der Waals surface area contributed by atoms with Crippen LogP contribution < -0.4 is 5.32 Å². The van der Waals surface area contributed by atoms with E-state index in [0.717, 1.165) is 38.0 Å². The van der Waals surface area contributed by atoms with E-state index in [9.17, 15) is 0 Å². The average Bonchev–Trinajstić information content (AvgIpc) is 2.30. The summed E-state index contributed by atoms with van der Waals surface area (Å²) in [6.07, 6.45) is 1.16. The molecular weight excluding hydrogens is 236 g/mol. The fraction of sp³-hybridized carbons (Fsp3) is 1.00. The van der Waals surface area contributed by atoms with Crippen LogP contribution >= 0.6 is 0 Å². The van der Waals surface area contributed by atoms with Gasteiger partial charge in [0.2, 0.25) is 0 Å². The van der Waals surface area contributed by atoms with Crippen LogP contribution in [0.4, 0.5) is 0 Å². The molecule has 0 aromatic carbocycles. The first-order valence-electron chi connectivity index (χ1n) is 8.06. The summed E-state index contributed by atoms with van der Waals surface area (Å²) in [4.78, 5) is 2.64. The van der Waals surface area contributed by atoms with Crippen molar-refractivity contribution in [1.82, 2.24) is 10.2 Å². The Balaban J connectivity index is 2.53. The maximum Gasteiger partial charge on any atom is 0.0521 e. The van der Waals surface area contributed by atoms with E-state index >= 15 is 0 Å². The second-order valence-electron chi connectivity index (χ2n) is 6.79. The van der Waals surface area contributed by atoms with Crippen LogP contribution in [0.1, 0.15) is 41.0 Å². The van der Waals surface area contributed by atoms with Crippen molar-refractivity contribution in [1.29, 1.82) is 0 Å². The Bertz CT molecular complexity index is 219. The molecule has 2 unspecified atom stereocenters. The van der Waals surface area contributed by atoms with Crippen molar-refractivity contribution in [3.63, 3.8) is 0 Å². The van der Waals surface area contributed by atoms with E-state index in [1.165, 1.54) is 19.6 Å². The van der Waals surface area contributed by atoms with E-state index < -0.39 is 0 Å². The Morgan fingerprint density at radius 2 is 1.79 bits per heavy atom. The van der Waals surface area contributed by atoms with Gasteiger partial charge in [-0.05, 0) is 24.8 Å². The van der Waals surface area contributed by atoms with Crippen LogP contribution in [0.2, 0.25) is 0 Å². The zero-order valence-corrected chi connectivity index (χ0v) is 13.6. The fourth-order valence-electron chi connectivity index (χ4n) is 3.10. The molecule has 0 spiro atoms. The molecule has 1 heterocycles. The molecule has 1 fully saturated rings. The van der Waals surface area contributed by atoms with Crippen LogP contribution in [0.3, 0.4) is 0 Å². The highest BCUT2D eigenvalue weighted by Gasteiger charge is 2.27. The third-order valence-electron chi connectivity index (χ3n) is 3.68. The first kappa shape index (κ1) is 16.9. The Kier molecular flexibility index (Phi) is 7.96. The molecule has 2 atom stereocenters. The summed E-state index contributed by atoms with van der Waals surface area (Å²) < 4.78 is 5.70. The second kappa shape index (κ2) is 8.93. The molecule has 0 bridgehead atoms. The first-order chi connectivity index (χ1) is 9.02. The summed E-state index contributed by atoms with van der Waals surface area (Å²) in [5.41, 5.74) is 0. The summed E-state index contributed by atoms with van der Waals surface area (Å²) in [6, 6.07) is 0.639. The summed E-state index contributed by atoms with van der Waals surface area (Å²) in [5.74, 6) is 2.12. The number of nitrogens with zero attached hydrogens (tertiary/aromatic N) is 1. The highest BCUT2D eigenvalue weighted by atomic mass is 16.5. The van der Waals surface area contributed by atoms with E-state index in [-0.39, 0.29) is 0 Å². The zero-order valence-electron chi connectivity index (χ0n) is 13.6. The minimum atomic E-state index is 0.639. The topological polar surface area (TPSA) is 24.5 Å². The maximum atomic E-state index is 5.70. The Morgan fingerprint density at radius 3 is 2.32 bits per heavy atom. The molecule has 0 aromatic heterocycles. The van der Waals surface area contributed by atoms with Crippen molar-refractivity contribution in [2.45, 2.75) is 47.1 Å². The average molecular weight is 270 g/mol. The quantitative estimate of drug-likeness (QED) is 0.734. The lowest BCUT2D eigenvalue weighted by atomic mass is 9.94. The van der Waals surface area contributed by atoms with Gasteiger partial charge in [0.25, 0.3) is 0 Å². The van der Waals surface area contributed by atoms with Crippen LogP contribution in [0.15, 0.2) is 0 Å². The predicted octanol–water partition coefficient (Wildman–Crippen LogP) is 2.62. The molecule has 1 saturated heterocycles. The standard InChI is InChI=1S/C16H34N2O/c1-6-17-16-7-8-19-12-15(16)11-18(9-13(2)3)10-14(4)5/h13-17H,6-12H2,1-5H3. The van der Waals surface area contributed by atoms with Crippen LogP contribution in [0, 0.1) is 17.8 Å². The lowest BCUT2D eigenvalue weighted by Gasteiger charge is -2.37. The molecule has 114 valence electrons. The molecule has 1 rings (SSSR count). The minimum Gasteiger partial charge on any atom is -0.381 e. The summed E-state index contributed by atoms with van der Waals surface area (Å²) in [7, 11) is 0. The van der Waals surface area contributed by atoms with E-state index in [4.69, 9.17) is 4.74 Å². The van der Waals surface area contributed by atoms with Gasteiger partial charge in [0.05, 0.1) is 6.61 Å². The van der Waals surface area contributed by atoms with Crippen LogP contribution in [0.5, 0.6) is 0 Å². The molecule has 1 aliphatic heterocycles. The van der Waals surface area contributed by atoms with E-state index in [1.54, 1.807) is 0 Å². The zero-order chi connectivity index (χ0) is 14.3. The minimum absolute atomic E-state index is 0.639. The Labute approximate surface area is 120 Å². The molecule has 0 saturated carbocycles. The van der Waals surface area contributed by atoms with Gasteiger partial charge in [-0.25, -0.2) is 0 Å². The van der Waals surface area contributed by atoms with Crippen LogP contribution in [0.25, 0.3) is 0 Å². The van der Waals surface area contributed by atoms with E-state index in [2.05, 4.69) is 44.8 Å². The van der Waals surface area contributed by atoms with Crippen molar-refractivity contribution < 1.29 is 4.74 Å². The fourth-order valence-corrected chi connectivity index (χ4v) is 3.10. The molecule has 1 aliphatic rings. The number of rotatable bonds is 8. The largest absolute Gasteiger partial charge is 0.381 e. The molecular formula is C16H34N2O. The highest BCUT2D eigenvalue weighted by molar-refractivity contribution is 4.82. The lowest BCUT2D eigenvalue weighted by Crippen LogP contribution is -2.48. The van der Waals surface area contributed by atoms with Gasteiger partial charge in [0.15, 0.2) is 0 Å². The van der Waals surface area contributed by atoms with Gasteiger partial charge in [-0.1, -0.05) is 34.6 Å². The second-order valence-corrected chi connectivity index (χ2v) is 6.79. The molecule has 1 N–H and O–H groups in total. The van der Waals surface area contributed by atoms with Gasteiger partial charge in [0, 0.05) is 38.2 Å². The molecule has 0 aliphatic carbocycles. The van der Waals surface area contributed by atoms with Crippen molar-refractivity contribution >= 4 is 0 Å². The number of hydrogen-bond acceptors (Lipinski definition) is 3. The lowest BCUT2D eigenvalue weighted by molar-refractivity contribution is 0.0138. The SMILES string of the molecule is CCNC1CCOCC1CN(CC(C)C)CC(C)C. The normalized spacial score (nSPS) is 24.6. The third-order valence-corrected chi connectivity index (χ3v) is 3.68. The molecule has 19 heavy (non-hydrogen) atoms. The van der Waals surface area contributed by atoms with Crippen molar-refractivity contribution in [2.75, 3.05) is 39.4 Å². The molecule has 3 nitrogen and oxygen atoms in total. The van der Waals surface area contributed by atoms with Crippen LogP contribution in [-0.4, -0.2) is 50.3 Å². The monoisotopic (exact) mass is 270 g/mol. The van der Waals surface area contributed by atoms with Gasteiger partial charge in [-0.3, -0.25) is 0 Å². The molecule has 0 aromatic rings. The van der Waals surface area contributed by atoms with Gasteiger partial charge >= 0.3 is 0 Å². The predicted molar refractivity (Wildman–Crippen MR) is 82.5 cm³/mol. The maximum absolute atomic E-state index is 5.70. The highest BCUT2D eigenvalue weighted by Crippen LogP contribution is 2.17. The molecule has 0 radical (unpaired) electrons. The van der Waals surface area contributed by atoms with Crippen LogP contribution in [-0.2, 0) is 4.74 Å². The van der Waals surface area contributed by atoms with Gasteiger partial charge < -0.3 is 15.0 Å². The molecule has 3 heteroatoms. The number of ether oxygens (including phenoxy) is 1. The first-order valence-corrected chi connectivity index (χ1v) is 8.06. The number of hydrogen-bond donors (Lipinski definition) is 1. The molecule has 0 amide bonds. The summed E-state index contributed by atoms with van der Waals surface area (Å²) >= 11 is 0.